The Balaban J connectivity index is 2.13. The largest absolute Gasteiger partial charge is 0.497 e. The number of rotatable bonds is 5. The number of hydrogen-bond acceptors (Lipinski definition) is 2. The highest BCUT2D eigenvalue weighted by Gasteiger charge is 2.29. The predicted octanol–water partition coefficient (Wildman–Crippen LogP) is 4.28. The van der Waals surface area contributed by atoms with Gasteiger partial charge in [-0.2, -0.15) is 0 Å². The Bertz CT molecular complexity index is 724. The Morgan fingerprint density at radius 2 is 1.43 bits per heavy atom. The van der Waals surface area contributed by atoms with Crippen LogP contribution in [0.5, 0.6) is 5.75 Å². The van der Waals surface area contributed by atoms with Crippen molar-refractivity contribution < 1.29 is 9.84 Å². The molecule has 23 heavy (non-hydrogen) atoms. The fourth-order valence-electron chi connectivity index (χ4n) is 2.46. The minimum absolute atomic E-state index is 0.0535. The van der Waals surface area contributed by atoms with Crippen LogP contribution in [0, 0.1) is 0 Å². The topological polar surface area (TPSA) is 29.5 Å². The lowest BCUT2D eigenvalue weighted by molar-refractivity contribution is 0.281. The molecule has 3 aromatic carbocycles. The SMILES string of the molecule is COc1cccc([S+](c2ccccc2)c2cccc(CO)c2)c1. The van der Waals surface area contributed by atoms with Crippen molar-refractivity contribution in [3.8, 4) is 5.75 Å². The van der Waals surface area contributed by atoms with Gasteiger partial charge in [0.05, 0.1) is 24.6 Å². The van der Waals surface area contributed by atoms with Crippen molar-refractivity contribution in [3.63, 3.8) is 0 Å². The van der Waals surface area contributed by atoms with E-state index >= 15 is 0 Å². The molecule has 0 saturated carbocycles. The third-order valence-corrected chi connectivity index (χ3v) is 5.77. The molecule has 1 unspecified atom stereocenters. The van der Waals surface area contributed by atoms with Gasteiger partial charge in [-0.15, -0.1) is 0 Å². The molecule has 0 spiro atoms. The first-order valence-corrected chi connectivity index (χ1v) is 8.67. The van der Waals surface area contributed by atoms with Crippen LogP contribution in [0.2, 0.25) is 0 Å². The number of aliphatic hydroxyl groups excluding tert-OH is 1. The first kappa shape index (κ1) is 15.7. The molecule has 0 amide bonds. The third kappa shape index (κ3) is 3.58. The fraction of sp³-hybridized carbons (Fsp3) is 0.100. The maximum Gasteiger partial charge on any atom is 0.170 e. The van der Waals surface area contributed by atoms with E-state index in [4.69, 9.17) is 4.74 Å². The summed E-state index contributed by atoms with van der Waals surface area (Å²) in [7, 11) is 1.46. The Morgan fingerprint density at radius 1 is 0.783 bits per heavy atom. The molecule has 2 nitrogen and oxygen atoms in total. The van der Waals surface area contributed by atoms with Crippen molar-refractivity contribution in [1.29, 1.82) is 0 Å². The van der Waals surface area contributed by atoms with E-state index < -0.39 is 0 Å². The van der Waals surface area contributed by atoms with Crippen LogP contribution in [0.3, 0.4) is 0 Å². The normalized spacial score (nSPS) is 11.9. The minimum Gasteiger partial charge on any atom is -0.497 e. The van der Waals surface area contributed by atoms with E-state index in [0.717, 1.165) is 11.3 Å². The molecule has 0 aliphatic heterocycles. The highest BCUT2D eigenvalue weighted by atomic mass is 32.2. The average Bonchev–Trinajstić information content (AvgIpc) is 2.63. The van der Waals surface area contributed by atoms with Crippen LogP contribution in [-0.2, 0) is 17.5 Å². The van der Waals surface area contributed by atoms with Gasteiger partial charge < -0.3 is 9.84 Å². The minimum atomic E-state index is -0.230. The van der Waals surface area contributed by atoms with Gasteiger partial charge in [0.2, 0.25) is 0 Å². The molecule has 0 radical (unpaired) electrons. The molecule has 0 aliphatic rings. The van der Waals surface area contributed by atoms with Crippen LogP contribution in [0.15, 0.2) is 93.5 Å². The van der Waals surface area contributed by atoms with Crippen molar-refractivity contribution >= 4 is 10.9 Å². The molecule has 1 N–H and O–H groups in total. The van der Waals surface area contributed by atoms with Crippen LogP contribution < -0.4 is 4.74 Å². The summed E-state index contributed by atoms with van der Waals surface area (Å²) < 4.78 is 5.39. The number of benzene rings is 3. The zero-order chi connectivity index (χ0) is 16.1. The molecular weight excluding hydrogens is 304 g/mol. The van der Waals surface area contributed by atoms with Gasteiger partial charge >= 0.3 is 0 Å². The van der Waals surface area contributed by atoms with Crippen LogP contribution >= 0.6 is 0 Å². The maximum atomic E-state index is 9.45. The summed E-state index contributed by atoms with van der Waals surface area (Å²) >= 11 is 0. The second-order valence-electron chi connectivity index (χ2n) is 5.10. The number of aliphatic hydroxyl groups is 1. The molecule has 3 heteroatoms. The van der Waals surface area contributed by atoms with Gasteiger partial charge in [0.1, 0.15) is 5.75 Å². The molecule has 0 aromatic heterocycles. The van der Waals surface area contributed by atoms with Crippen molar-refractivity contribution in [3.05, 3.63) is 84.4 Å². The summed E-state index contributed by atoms with van der Waals surface area (Å²) in [6.07, 6.45) is 0. The molecule has 0 aliphatic carbocycles. The van der Waals surface area contributed by atoms with E-state index in [0.29, 0.717) is 0 Å². The van der Waals surface area contributed by atoms with Crippen LogP contribution in [0.25, 0.3) is 0 Å². The first-order valence-electron chi connectivity index (χ1n) is 7.45. The smallest absolute Gasteiger partial charge is 0.170 e. The van der Waals surface area contributed by atoms with Gasteiger partial charge in [0.25, 0.3) is 0 Å². The Morgan fingerprint density at radius 3 is 2.13 bits per heavy atom. The molecule has 0 saturated heterocycles. The second-order valence-corrected chi connectivity index (χ2v) is 7.13. The average molecular weight is 323 g/mol. The summed E-state index contributed by atoms with van der Waals surface area (Å²) in [6, 6.07) is 26.8. The summed E-state index contributed by atoms with van der Waals surface area (Å²) in [5.74, 6) is 0.856. The number of methoxy groups -OCH3 is 1. The molecular formula is C20H19O2S+. The van der Waals surface area contributed by atoms with Crippen LogP contribution in [0.4, 0.5) is 0 Å². The van der Waals surface area contributed by atoms with Gasteiger partial charge in [-0.05, 0) is 42.0 Å². The van der Waals surface area contributed by atoms with Crippen molar-refractivity contribution in [2.24, 2.45) is 0 Å². The zero-order valence-corrected chi connectivity index (χ0v) is 13.8. The number of hydrogen-bond donors (Lipinski definition) is 1. The van der Waals surface area contributed by atoms with Gasteiger partial charge in [-0.3, -0.25) is 0 Å². The Kier molecular flexibility index (Phi) is 5.01. The van der Waals surface area contributed by atoms with E-state index in [9.17, 15) is 5.11 Å². The highest BCUT2D eigenvalue weighted by Crippen LogP contribution is 2.33. The third-order valence-electron chi connectivity index (χ3n) is 3.57. The van der Waals surface area contributed by atoms with Crippen molar-refractivity contribution in [1.82, 2.24) is 0 Å². The quantitative estimate of drug-likeness (QED) is 0.710. The molecule has 3 aromatic rings. The van der Waals surface area contributed by atoms with E-state index in [1.165, 1.54) is 14.7 Å². The Labute approximate surface area is 139 Å². The predicted molar refractivity (Wildman–Crippen MR) is 94.0 cm³/mol. The lowest BCUT2D eigenvalue weighted by Gasteiger charge is -2.10. The summed E-state index contributed by atoms with van der Waals surface area (Å²) in [5, 5.41) is 9.45. The van der Waals surface area contributed by atoms with E-state index in [1.54, 1.807) is 7.11 Å². The molecule has 3 rings (SSSR count). The fourth-order valence-corrected chi connectivity index (χ4v) is 4.64. The molecule has 0 fully saturated rings. The van der Waals surface area contributed by atoms with Crippen LogP contribution in [-0.4, -0.2) is 12.2 Å². The molecule has 116 valence electrons. The van der Waals surface area contributed by atoms with Gasteiger partial charge in [-0.1, -0.05) is 36.4 Å². The van der Waals surface area contributed by atoms with E-state index in [2.05, 4.69) is 48.5 Å². The van der Waals surface area contributed by atoms with Gasteiger partial charge in [0, 0.05) is 6.07 Å². The summed E-state index contributed by atoms with van der Waals surface area (Å²) in [6.45, 7) is 0.0535. The van der Waals surface area contributed by atoms with Gasteiger partial charge in [-0.25, -0.2) is 0 Å². The van der Waals surface area contributed by atoms with Gasteiger partial charge in [0.15, 0.2) is 14.7 Å². The zero-order valence-electron chi connectivity index (χ0n) is 13.0. The number of ether oxygens (including phenoxy) is 1. The summed E-state index contributed by atoms with van der Waals surface area (Å²) in [4.78, 5) is 3.64. The highest BCUT2D eigenvalue weighted by molar-refractivity contribution is 7.97. The second kappa shape index (κ2) is 7.36. The van der Waals surface area contributed by atoms with Crippen molar-refractivity contribution in [2.45, 2.75) is 21.3 Å². The lowest BCUT2D eigenvalue weighted by Crippen LogP contribution is -2.05. The molecule has 0 heterocycles. The van der Waals surface area contributed by atoms with E-state index in [-0.39, 0.29) is 17.5 Å². The standard InChI is InChI=1S/C20H19O2S/c1-22-17-8-6-12-20(14-17)23(18-9-3-2-4-10-18)19-11-5-7-16(13-19)15-21/h2-14,21H,15H2,1H3/q+1. The Hall–Kier alpha value is -2.23. The van der Waals surface area contributed by atoms with Crippen molar-refractivity contribution in [2.75, 3.05) is 7.11 Å². The van der Waals surface area contributed by atoms with Crippen LogP contribution in [0.1, 0.15) is 5.56 Å². The molecule has 0 bridgehead atoms. The lowest BCUT2D eigenvalue weighted by atomic mass is 10.2. The monoisotopic (exact) mass is 323 g/mol. The summed E-state index contributed by atoms with van der Waals surface area (Å²) in [5.41, 5.74) is 0.929. The first-order chi connectivity index (χ1) is 11.3. The van der Waals surface area contributed by atoms with E-state index in [1.807, 2.05) is 30.3 Å². The maximum absolute atomic E-state index is 9.45. The molecule has 1 atom stereocenters.